The Balaban J connectivity index is 1.45. The van der Waals surface area contributed by atoms with Gasteiger partial charge in [0.2, 0.25) is 0 Å². The Hall–Kier alpha value is -3.26. The second kappa shape index (κ2) is 6.93. The third-order valence-corrected chi connectivity index (χ3v) is 4.67. The van der Waals surface area contributed by atoms with Gasteiger partial charge in [0, 0.05) is 5.38 Å². The maximum absolute atomic E-state index is 12.5. The van der Waals surface area contributed by atoms with Crippen LogP contribution in [0.5, 0.6) is 0 Å². The molecule has 0 aliphatic heterocycles. The van der Waals surface area contributed by atoms with Crippen LogP contribution in [0.2, 0.25) is 0 Å². The molecule has 0 radical (unpaired) electrons. The van der Waals surface area contributed by atoms with Crippen molar-refractivity contribution in [1.29, 1.82) is 0 Å². The number of para-hydroxylation sites is 1. The molecule has 3 aromatic heterocycles. The highest BCUT2D eigenvalue weighted by atomic mass is 32.1. The smallest absolute Gasteiger partial charge is 0.255 e. The first-order valence-electron chi connectivity index (χ1n) is 8.04. The van der Waals surface area contributed by atoms with Crippen molar-refractivity contribution in [1.82, 2.24) is 30.1 Å². The monoisotopic (exact) mass is 364 g/mol. The van der Waals surface area contributed by atoms with Gasteiger partial charge in [-0.25, -0.2) is 9.36 Å². The summed E-state index contributed by atoms with van der Waals surface area (Å²) in [7, 11) is 0. The zero-order valence-electron chi connectivity index (χ0n) is 14.0. The van der Waals surface area contributed by atoms with E-state index in [0.717, 1.165) is 17.1 Å². The molecule has 0 spiro atoms. The molecule has 3 heterocycles. The zero-order chi connectivity index (χ0) is 17.9. The molecule has 4 rings (SSSR count). The highest BCUT2D eigenvalue weighted by molar-refractivity contribution is 7.08. The maximum Gasteiger partial charge on any atom is 0.255 e. The fourth-order valence-electron chi connectivity index (χ4n) is 2.62. The van der Waals surface area contributed by atoms with E-state index in [2.05, 4.69) is 20.7 Å². The lowest BCUT2D eigenvalue weighted by molar-refractivity contribution is 0.0950. The van der Waals surface area contributed by atoms with E-state index in [1.807, 2.05) is 60.3 Å². The van der Waals surface area contributed by atoms with Crippen LogP contribution in [-0.4, -0.2) is 30.7 Å². The molecular formula is C18H16N6OS. The SMILES string of the molecule is Cc1c(C(=O)NCc2cn(-c3ccsc3)nn2)cnn1-c1ccccc1. The molecule has 0 aliphatic carbocycles. The van der Waals surface area contributed by atoms with E-state index >= 15 is 0 Å². The van der Waals surface area contributed by atoms with Crippen molar-refractivity contribution in [3.05, 3.63) is 76.5 Å². The van der Waals surface area contributed by atoms with Crippen LogP contribution in [0.4, 0.5) is 0 Å². The summed E-state index contributed by atoms with van der Waals surface area (Å²) in [4.78, 5) is 12.5. The van der Waals surface area contributed by atoms with Crippen molar-refractivity contribution in [2.45, 2.75) is 13.5 Å². The lowest BCUT2D eigenvalue weighted by atomic mass is 10.2. The van der Waals surface area contributed by atoms with Crippen molar-refractivity contribution in [3.63, 3.8) is 0 Å². The van der Waals surface area contributed by atoms with Gasteiger partial charge < -0.3 is 5.32 Å². The molecule has 0 saturated heterocycles. The highest BCUT2D eigenvalue weighted by Crippen LogP contribution is 2.14. The predicted octanol–water partition coefficient (Wildman–Crippen LogP) is 2.75. The quantitative estimate of drug-likeness (QED) is 0.591. The maximum atomic E-state index is 12.5. The van der Waals surface area contributed by atoms with Crippen molar-refractivity contribution >= 4 is 17.2 Å². The van der Waals surface area contributed by atoms with Crippen LogP contribution < -0.4 is 5.32 Å². The van der Waals surface area contributed by atoms with Gasteiger partial charge in [0.05, 0.1) is 41.6 Å². The average Bonchev–Trinajstić information content (AvgIpc) is 3.41. The third-order valence-electron chi connectivity index (χ3n) is 4.00. The highest BCUT2D eigenvalue weighted by Gasteiger charge is 2.15. The molecule has 130 valence electrons. The fraction of sp³-hybridized carbons (Fsp3) is 0.111. The van der Waals surface area contributed by atoms with E-state index in [1.165, 1.54) is 0 Å². The summed E-state index contributed by atoms with van der Waals surface area (Å²) in [5.74, 6) is -0.185. The largest absolute Gasteiger partial charge is 0.346 e. The van der Waals surface area contributed by atoms with Crippen LogP contribution in [0, 0.1) is 6.92 Å². The minimum absolute atomic E-state index is 0.185. The van der Waals surface area contributed by atoms with Gasteiger partial charge in [0.15, 0.2) is 0 Å². The van der Waals surface area contributed by atoms with Gasteiger partial charge in [0.25, 0.3) is 5.91 Å². The standard InChI is InChI=1S/C18H16N6OS/c1-13-17(10-20-24(13)15-5-3-2-4-6-15)18(25)19-9-14-11-23(22-21-14)16-7-8-26-12-16/h2-8,10-12H,9H2,1H3,(H,19,25). The average molecular weight is 364 g/mol. The molecule has 7 nitrogen and oxygen atoms in total. The number of thiophene rings is 1. The first kappa shape index (κ1) is 16.2. The summed E-state index contributed by atoms with van der Waals surface area (Å²) in [6.07, 6.45) is 3.39. The number of hydrogen-bond acceptors (Lipinski definition) is 5. The molecule has 26 heavy (non-hydrogen) atoms. The van der Waals surface area contributed by atoms with Gasteiger partial charge in [0.1, 0.15) is 5.69 Å². The van der Waals surface area contributed by atoms with Crippen molar-refractivity contribution in [2.24, 2.45) is 0 Å². The summed E-state index contributed by atoms with van der Waals surface area (Å²) >= 11 is 1.59. The summed E-state index contributed by atoms with van der Waals surface area (Å²) in [6.45, 7) is 2.18. The first-order valence-corrected chi connectivity index (χ1v) is 8.98. The summed E-state index contributed by atoms with van der Waals surface area (Å²) in [6, 6.07) is 11.7. The minimum Gasteiger partial charge on any atom is -0.346 e. The Morgan fingerprint density at radius 3 is 2.81 bits per heavy atom. The number of aromatic nitrogens is 5. The summed E-state index contributed by atoms with van der Waals surface area (Å²) in [5, 5.41) is 19.3. The molecule has 0 atom stereocenters. The molecule has 1 amide bonds. The van der Waals surface area contributed by atoms with Crippen LogP contribution in [0.3, 0.4) is 0 Å². The van der Waals surface area contributed by atoms with Crippen molar-refractivity contribution in [2.75, 3.05) is 0 Å². The molecule has 0 unspecified atom stereocenters. The lowest BCUT2D eigenvalue weighted by Gasteiger charge is -2.05. The Kier molecular flexibility index (Phi) is 4.32. The number of rotatable bonds is 5. The van der Waals surface area contributed by atoms with Crippen LogP contribution in [0.15, 0.2) is 59.6 Å². The summed E-state index contributed by atoms with van der Waals surface area (Å²) in [5.41, 5.74) is 3.90. The second-order valence-electron chi connectivity index (χ2n) is 5.71. The molecule has 0 aliphatic rings. The van der Waals surface area contributed by atoms with Crippen LogP contribution in [0.25, 0.3) is 11.4 Å². The van der Waals surface area contributed by atoms with Crippen LogP contribution in [-0.2, 0) is 6.54 Å². The molecule has 1 aromatic carbocycles. The molecule has 0 fully saturated rings. The van der Waals surface area contributed by atoms with E-state index in [9.17, 15) is 4.79 Å². The molecule has 0 bridgehead atoms. The van der Waals surface area contributed by atoms with E-state index in [0.29, 0.717) is 17.8 Å². The van der Waals surface area contributed by atoms with E-state index in [1.54, 1.807) is 26.9 Å². The molecule has 8 heteroatoms. The fourth-order valence-corrected chi connectivity index (χ4v) is 3.24. The Morgan fingerprint density at radius 1 is 1.19 bits per heavy atom. The number of amides is 1. The van der Waals surface area contributed by atoms with Gasteiger partial charge in [-0.05, 0) is 30.5 Å². The Labute approximate surface area is 153 Å². The Morgan fingerprint density at radius 2 is 2.04 bits per heavy atom. The molecular weight excluding hydrogens is 348 g/mol. The third kappa shape index (κ3) is 3.14. The van der Waals surface area contributed by atoms with Crippen molar-refractivity contribution < 1.29 is 4.79 Å². The predicted molar refractivity (Wildman–Crippen MR) is 98.7 cm³/mol. The number of hydrogen-bond donors (Lipinski definition) is 1. The Bertz CT molecular complexity index is 1020. The molecule has 1 N–H and O–H groups in total. The van der Waals surface area contributed by atoms with E-state index in [-0.39, 0.29) is 5.91 Å². The van der Waals surface area contributed by atoms with E-state index < -0.39 is 0 Å². The number of benzene rings is 1. The number of nitrogens with one attached hydrogen (secondary N) is 1. The van der Waals surface area contributed by atoms with Crippen LogP contribution >= 0.6 is 11.3 Å². The van der Waals surface area contributed by atoms with E-state index in [4.69, 9.17) is 0 Å². The lowest BCUT2D eigenvalue weighted by Crippen LogP contribution is -2.23. The first-order chi connectivity index (χ1) is 12.7. The van der Waals surface area contributed by atoms with Gasteiger partial charge >= 0.3 is 0 Å². The van der Waals surface area contributed by atoms with Gasteiger partial charge in [-0.3, -0.25) is 4.79 Å². The van der Waals surface area contributed by atoms with Crippen molar-refractivity contribution in [3.8, 4) is 11.4 Å². The zero-order valence-corrected chi connectivity index (χ0v) is 14.8. The second-order valence-corrected chi connectivity index (χ2v) is 6.49. The number of nitrogens with zero attached hydrogens (tertiary/aromatic N) is 5. The van der Waals surface area contributed by atoms with Crippen LogP contribution in [0.1, 0.15) is 21.7 Å². The number of carbonyl (C=O) groups excluding carboxylic acids is 1. The van der Waals surface area contributed by atoms with Gasteiger partial charge in [-0.2, -0.15) is 16.4 Å². The topological polar surface area (TPSA) is 77.6 Å². The molecule has 4 aromatic rings. The molecule has 0 saturated carbocycles. The normalized spacial score (nSPS) is 10.8. The van der Waals surface area contributed by atoms with Gasteiger partial charge in [-0.15, -0.1) is 5.10 Å². The minimum atomic E-state index is -0.185. The summed E-state index contributed by atoms with van der Waals surface area (Å²) < 4.78 is 3.44. The number of carbonyl (C=O) groups is 1. The van der Waals surface area contributed by atoms with Gasteiger partial charge in [-0.1, -0.05) is 23.4 Å².